The second-order valence-corrected chi connectivity index (χ2v) is 8.80. The van der Waals surface area contributed by atoms with E-state index in [0.717, 1.165) is 44.7 Å². The molecule has 4 rings (SSSR count). The number of aryl methyl sites for hydroxylation is 1. The molecular weight excluding hydrogens is 322 g/mol. The second kappa shape index (κ2) is 7.71. The van der Waals surface area contributed by atoms with Crippen molar-refractivity contribution in [3.63, 3.8) is 0 Å². The zero-order valence-corrected chi connectivity index (χ0v) is 16.4. The molecule has 1 saturated carbocycles. The van der Waals surface area contributed by atoms with Crippen LogP contribution >= 0.6 is 0 Å². The lowest BCUT2D eigenvalue weighted by Crippen LogP contribution is -2.53. The average molecular weight is 358 g/mol. The highest BCUT2D eigenvalue weighted by Gasteiger charge is 2.35. The van der Waals surface area contributed by atoms with Gasteiger partial charge in [0.15, 0.2) is 0 Å². The minimum Gasteiger partial charge on any atom is -0.356 e. The van der Waals surface area contributed by atoms with Crippen molar-refractivity contribution in [1.29, 1.82) is 0 Å². The molecule has 144 valence electrons. The second-order valence-electron chi connectivity index (χ2n) is 8.80. The predicted octanol–water partition coefficient (Wildman–Crippen LogP) is 3.81. The van der Waals surface area contributed by atoms with Gasteiger partial charge < -0.3 is 16.0 Å². The van der Waals surface area contributed by atoms with E-state index in [2.05, 4.69) is 17.1 Å². The molecule has 3 N–H and O–H groups in total. The normalized spacial score (nSPS) is 29.8. The SMILES string of the molecule is CC1(Nc2nc3c(c(N4CCCCCC4)n2)CCCC3)CCCCC1N. The summed E-state index contributed by atoms with van der Waals surface area (Å²) in [6.45, 7) is 4.53. The molecule has 0 amide bonds. The quantitative estimate of drug-likeness (QED) is 0.861. The Bertz CT molecular complexity index is 623. The lowest BCUT2D eigenvalue weighted by atomic mass is 9.79. The molecule has 0 bridgehead atoms. The zero-order chi connectivity index (χ0) is 18.0. The number of anilines is 2. The summed E-state index contributed by atoms with van der Waals surface area (Å²) in [5, 5.41) is 3.68. The Morgan fingerprint density at radius 3 is 2.50 bits per heavy atom. The van der Waals surface area contributed by atoms with Gasteiger partial charge in [0.25, 0.3) is 0 Å². The Morgan fingerprint density at radius 1 is 0.962 bits per heavy atom. The predicted molar refractivity (Wildman–Crippen MR) is 108 cm³/mol. The largest absolute Gasteiger partial charge is 0.356 e. The number of fused-ring (bicyclic) bond motifs is 1. The molecular formula is C21H35N5. The van der Waals surface area contributed by atoms with Crippen molar-refractivity contribution in [2.45, 2.75) is 95.6 Å². The molecule has 2 aliphatic carbocycles. The molecule has 1 saturated heterocycles. The summed E-state index contributed by atoms with van der Waals surface area (Å²) in [6, 6.07) is 0.178. The minimum absolute atomic E-state index is 0.0861. The van der Waals surface area contributed by atoms with Gasteiger partial charge in [0.1, 0.15) is 5.82 Å². The average Bonchev–Trinajstić information content (AvgIpc) is 2.93. The van der Waals surface area contributed by atoms with Crippen LogP contribution in [0.4, 0.5) is 11.8 Å². The van der Waals surface area contributed by atoms with Crippen LogP contribution in [0.3, 0.4) is 0 Å². The lowest BCUT2D eigenvalue weighted by Gasteiger charge is -2.40. The van der Waals surface area contributed by atoms with Gasteiger partial charge in [-0.05, 0) is 58.3 Å². The van der Waals surface area contributed by atoms with Crippen LogP contribution < -0.4 is 16.0 Å². The van der Waals surface area contributed by atoms with Crippen molar-refractivity contribution in [3.8, 4) is 0 Å². The number of aromatic nitrogens is 2. The fourth-order valence-electron chi connectivity index (χ4n) is 4.95. The molecule has 2 heterocycles. The van der Waals surface area contributed by atoms with Crippen molar-refractivity contribution in [2.24, 2.45) is 5.73 Å². The molecule has 3 aliphatic rings. The molecule has 2 fully saturated rings. The van der Waals surface area contributed by atoms with Gasteiger partial charge in [-0.15, -0.1) is 0 Å². The molecule has 0 radical (unpaired) electrons. The summed E-state index contributed by atoms with van der Waals surface area (Å²) < 4.78 is 0. The molecule has 0 aromatic carbocycles. The molecule has 1 aromatic heterocycles. The topological polar surface area (TPSA) is 67.1 Å². The Hall–Kier alpha value is -1.36. The molecule has 5 heteroatoms. The summed E-state index contributed by atoms with van der Waals surface area (Å²) >= 11 is 0. The number of rotatable bonds is 3. The van der Waals surface area contributed by atoms with Crippen LogP contribution in [0.1, 0.15) is 82.4 Å². The molecule has 2 atom stereocenters. The van der Waals surface area contributed by atoms with Crippen LogP contribution in [0, 0.1) is 0 Å². The van der Waals surface area contributed by atoms with Crippen molar-refractivity contribution in [2.75, 3.05) is 23.3 Å². The van der Waals surface area contributed by atoms with Crippen molar-refractivity contribution in [1.82, 2.24) is 9.97 Å². The Kier molecular flexibility index (Phi) is 5.35. The Labute approximate surface area is 158 Å². The van der Waals surface area contributed by atoms with Crippen molar-refractivity contribution < 1.29 is 0 Å². The third-order valence-electron chi connectivity index (χ3n) is 6.74. The van der Waals surface area contributed by atoms with Crippen LogP contribution in [0.15, 0.2) is 0 Å². The van der Waals surface area contributed by atoms with Crippen molar-refractivity contribution >= 4 is 11.8 Å². The fourth-order valence-corrected chi connectivity index (χ4v) is 4.95. The summed E-state index contributed by atoms with van der Waals surface area (Å²) in [5.74, 6) is 2.02. The van der Waals surface area contributed by atoms with Gasteiger partial charge in [-0.1, -0.05) is 25.7 Å². The molecule has 26 heavy (non-hydrogen) atoms. The van der Waals surface area contributed by atoms with E-state index in [-0.39, 0.29) is 11.6 Å². The fraction of sp³-hybridized carbons (Fsp3) is 0.810. The van der Waals surface area contributed by atoms with Gasteiger partial charge in [0, 0.05) is 24.7 Å². The first-order valence-electron chi connectivity index (χ1n) is 10.8. The Morgan fingerprint density at radius 2 is 1.73 bits per heavy atom. The minimum atomic E-state index is -0.0861. The summed E-state index contributed by atoms with van der Waals surface area (Å²) in [6.07, 6.45) is 14.7. The van der Waals surface area contributed by atoms with Gasteiger partial charge in [-0.25, -0.2) is 4.98 Å². The van der Waals surface area contributed by atoms with E-state index in [1.165, 1.54) is 68.4 Å². The maximum Gasteiger partial charge on any atom is 0.225 e. The maximum atomic E-state index is 6.47. The van der Waals surface area contributed by atoms with Crippen LogP contribution in [0.25, 0.3) is 0 Å². The highest BCUT2D eigenvalue weighted by atomic mass is 15.2. The summed E-state index contributed by atoms with van der Waals surface area (Å²) in [7, 11) is 0. The zero-order valence-electron chi connectivity index (χ0n) is 16.4. The smallest absolute Gasteiger partial charge is 0.225 e. The number of hydrogen-bond acceptors (Lipinski definition) is 5. The first-order valence-corrected chi connectivity index (χ1v) is 10.8. The van der Waals surface area contributed by atoms with Gasteiger partial charge >= 0.3 is 0 Å². The highest BCUT2D eigenvalue weighted by Crippen LogP contribution is 2.33. The molecule has 1 aliphatic heterocycles. The maximum absolute atomic E-state index is 6.47. The third kappa shape index (κ3) is 3.68. The monoisotopic (exact) mass is 357 g/mol. The van der Waals surface area contributed by atoms with Gasteiger partial charge in [-0.3, -0.25) is 0 Å². The van der Waals surface area contributed by atoms with E-state index in [0.29, 0.717) is 0 Å². The lowest BCUT2D eigenvalue weighted by molar-refractivity contribution is 0.298. The number of nitrogens with one attached hydrogen (secondary N) is 1. The number of nitrogens with two attached hydrogens (primary N) is 1. The van der Waals surface area contributed by atoms with Gasteiger partial charge in [-0.2, -0.15) is 4.98 Å². The van der Waals surface area contributed by atoms with Crippen LogP contribution in [-0.2, 0) is 12.8 Å². The molecule has 0 spiro atoms. The van der Waals surface area contributed by atoms with Crippen LogP contribution in [0.2, 0.25) is 0 Å². The van der Waals surface area contributed by atoms with E-state index in [4.69, 9.17) is 15.7 Å². The standard InChI is InChI=1S/C21H35N5/c1-21(13-7-6-12-18(21)22)25-20-23-17-11-5-4-10-16(17)19(24-20)26-14-8-2-3-9-15-26/h18H,2-15,22H2,1H3,(H,23,24,25). The van der Waals surface area contributed by atoms with Crippen LogP contribution in [-0.4, -0.2) is 34.6 Å². The van der Waals surface area contributed by atoms with E-state index in [1.54, 1.807) is 0 Å². The van der Waals surface area contributed by atoms with Gasteiger partial charge in [0.2, 0.25) is 5.95 Å². The van der Waals surface area contributed by atoms with E-state index >= 15 is 0 Å². The van der Waals surface area contributed by atoms with E-state index < -0.39 is 0 Å². The molecule has 1 aromatic rings. The van der Waals surface area contributed by atoms with E-state index in [9.17, 15) is 0 Å². The number of nitrogens with zero attached hydrogens (tertiary/aromatic N) is 3. The summed E-state index contributed by atoms with van der Waals surface area (Å²) in [4.78, 5) is 12.6. The first-order chi connectivity index (χ1) is 12.7. The van der Waals surface area contributed by atoms with E-state index in [1.807, 2.05) is 0 Å². The number of hydrogen-bond donors (Lipinski definition) is 2. The summed E-state index contributed by atoms with van der Waals surface area (Å²) in [5.41, 5.74) is 9.08. The van der Waals surface area contributed by atoms with Gasteiger partial charge in [0.05, 0.1) is 11.2 Å². The first kappa shape index (κ1) is 18.0. The highest BCUT2D eigenvalue weighted by molar-refractivity contribution is 5.54. The molecule has 2 unspecified atom stereocenters. The van der Waals surface area contributed by atoms with Crippen molar-refractivity contribution in [3.05, 3.63) is 11.3 Å². The third-order valence-corrected chi connectivity index (χ3v) is 6.74. The molecule has 5 nitrogen and oxygen atoms in total. The van der Waals surface area contributed by atoms with Crippen LogP contribution in [0.5, 0.6) is 0 Å². The Balaban J connectivity index is 1.65.